The van der Waals surface area contributed by atoms with Crippen LogP contribution < -0.4 is 10.2 Å². The van der Waals surface area contributed by atoms with Crippen molar-refractivity contribution in [3.05, 3.63) is 30.1 Å². The highest BCUT2D eigenvalue weighted by atomic mass is 19.1. The summed E-state index contributed by atoms with van der Waals surface area (Å²) in [5.41, 5.74) is 0.426. The molecule has 2 amide bonds. The number of nitrogens with zero attached hydrogens (tertiary/aromatic N) is 1. The van der Waals surface area contributed by atoms with E-state index in [0.717, 1.165) is 24.2 Å². The zero-order valence-corrected chi connectivity index (χ0v) is 15.5. The molecular formula is C19H29FN3O2+. The maximum atomic E-state index is 13.2. The maximum absolute atomic E-state index is 13.2. The number of likely N-dealkylation sites (tertiary alicyclic amines) is 1. The Morgan fingerprint density at radius 1 is 1.32 bits per heavy atom. The second-order valence-corrected chi connectivity index (χ2v) is 7.18. The molecule has 0 aromatic heterocycles. The molecule has 1 aliphatic rings. The normalized spacial score (nSPS) is 23.0. The van der Waals surface area contributed by atoms with E-state index in [0.29, 0.717) is 5.69 Å². The van der Waals surface area contributed by atoms with Crippen LogP contribution >= 0.6 is 0 Å². The van der Waals surface area contributed by atoms with Crippen LogP contribution in [0.25, 0.3) is 0 Å². The second-order valence-electron chi connectivity index (χ2n) is 7.18. The average Bonchev–Trinajstić information content (AvgIpc) is 2.53. The van der Waals surface area contributed by atoms with E-state index in [1.54, 1.807) is 12.1 Å². The lowest BCUT2D eigenvalue weighted by Gasteiger charge is -2.40. The Balaban J connectivity index is 1.93. The minimum Gasteiger partial charge on any atom is -0.332 e. The number of carbonyl (C=O) groups excluding carboxylic acids is 2. The lowest BCUT2D eigenvalue weighted by molar-refractivity contribution is -0.886. The van der Waals surface area contributed by atoms with E-state index in [1.165, 1.54) is 12.1 Å². The molecule has 6 heteroatoms. The van der Waals surface area contributed by atoms with Gasteiger partial charge in [0.05, 0.1) is 7.05 Å². The van der Waals surface area contributed by atoms with Gasteiger partial charge in [-0.1, -0.05) is 6.07 Å². The Bertz CT molecular complexity index is 612. The molecule has 1 aliphatic heterocycles. The summed E-state index contributed by atoms with van der Waals surface area (Å²) in [4.78, 5) is 27.9. The lowest BCUT2D eigenvalue weighted by Crippen LogP contribution is -3.15. The third kappa shape index (κ3) is 5.01. The predicted molar refractivity (Wildman–Crippen MR) is 95.9 cm³/mol. The topological polar surface area (TPSA) is 53.9 Å². The molecule has 1 saturated heterocycles. The fourth-order valence-electron chi connectivity index (χ4n) is 3.47. The summed E-state index contributed by atoms with van der Waals surface area (Å²) in [5, 5.41) is 2.68. The molecule has 2 rings (SSSR count). The molecule has 0 radical (unpaired) electrons. The van der Waals surface area contributed by atoms with Crippen LogP contribution in [-0.2, 0) is 9.59 Å². The van der Waals surface area contributed by atoms with Gasteiger partial charge in [0.1, 0.15) is 5.82 Å². The fourth-order valence-corrected chi connectivity index (χ4v) is 3.47. The monoisotopic (exact) mass is 350 g/mol. The Kier molecular flexibility index (Phi) is 6.53. The van der Waals surface area contributed by atoms with E-state index in [1.807, 2.05) is 18.9 Å². The summed E-state index contributed by atoms with van der Waals surface area (Å²) in [6.45, 7) is 6.19. The summed E-state index contributed by atoms with van der Waals surface area (Å²) in [7, 11) is 1.84. The zero-order chi connectivity index (χ0) is 18.6. The number of carbonyl (C=O) groups is 2. The number of benzene rings is 1. The number of likely N-dealkylation sites (N-methyl/N-ethyl adjacent to an activating group) is 1. The summed E-state index contributed by atoms with van der Waals surface area (Å²) in [6.07, 6.45) is 3.21. The van der Waals surface area contributed by atoms with E-state index in [-0.39, 0.29) is 36.5 Å². The van der Waals surface area contributed by atoms with E-state index in [4.69, 9.17) is 0 Å². The van der Waals surface area contributed by atoms with Crippen LogP contribution in [0, 0.1) is 5.82 Å². The number of anilines is 1. The van der Waals surface area contributed by atoms with Gasteiger partial charge in [-0.25, -0.2) is 4.39 Å². The van der Waals surface area contributed by atoms with Crippen molar-refractivity contribution in [2.45, 2.75) is 58.2 Å². The number of halogens is 1. The highest BCUT2D eigenvalue weighted by Gasteiger charge is 2.35. The first kappa shape index (κ1) is 19.4. The van der Waals surface area contributed by atoms with Gasteiger partial charge < -0.3 is 15.1 Å². The largest absolute Gasteiger partial charge is 0.332 e. The average molecular weight is 350 g/mol. The van der Waals surface area contributed by atoms with Gasteiger partial charge in [-0.2, -0.15) is 0 Å². The molecule has 0 spiro atoms. The molecule has 1 aromatic rings. The van der Waals surface area contributed by atoms with Crippen molar-refractivity contribution in [2.75, 3.05) is 18.9 Å². The van der Waals surface area contributed by atoms with Crippen molar-refractivity contribution in [3.8, 4) is 0 Å². The molecule has 2 N–H and O–H groups in total. The van der Waals surface area contributed by atoms with Crippen LogP contribution in [0.3, 0.4) is 0 Å². The van der Waals surface area contributed by atoms with Crippen molar-refractivity contribution in [1.82, 2.24) is 4.90 Å². The Labute approximate surface area is 149 Å². The van der Waals surface area contributed by atoms with E-state index < -0.39 is 5.82 Å². The number of hydrogen-bond acceptors (Lipinski definition) is 2. The van der Waals surface area contributed by atoms with Gasteiger partial charge in [-0.3, -0.25) is 9.59 Å². The quantitative estimate of drug-likeness (QED) is 0.845. The smallest absolute Gasteiger partial charge is 0.281 e. The van der Waals surface area contributed by atoms with Crippen LogP contribution in [0.2, 0.25) is 0 Å². The van der Waals surface area contributed by atoms with E-state index in [2.05, 4.69) is 19.2 Å². The number of hydrogen-bond donors (Lipinski definition) is 2. The molecule has 4 atom stereocenters. The SMILES string of the molecule is C[C@H](C(=O)N1[C@@H](C)CCC[C@@H]1C)[NH+](C)CC(=O)Nc1cccc(F)c1. The number of nitrogens with one attached hydrogen (secondary N) is 2. The molecule has 1 heterocycles. The van der Waals surface area contributed by atoms with Crippen molar-refractivity contribution in [2.24, 2.45) is 0 Å². The zero-order valence-electron chi connectivity index (χ0n) is 15.5. The standard InChI is InChI=1S/C19H28FN3O2/c1-13-7-5-8-14(2)23(13)19(25)15(3)22(4)12-18(24)21-17-10-6-9-16(20)11-17/h6,9-11,13-15H,5,7-8,12H2,1-4H3,(H,21,24)/p+1/t13-,14-,15+/m0/s1. The second kappa shape index (κ2) is 8.43. The summed E-state index contributed by atoms with van der Waals surface area (Å²) >= 11 is 0. The Morgan fingerprint density at radius 2 is 1.96 bits per heavy atom. The molecule has 1 aromatic carbocycles. The van der Waals surface area contributed by atoms with Gasteiger partial charge in [0.15, 0.2) is 12.6 Å². The first-order chi connectivity index (χ1) is 11.8. The molecule has 5 nitrogen and oxygen atoms in total. The summed E-state index contributed by atoms with van der Waals surface area (Å²) in [6, 6.07) is 5.98. The van der Waals surface area contributed by atoms with Gasteiger partial charge in [0.25, 0.3) is 11.8 Å². The van der Waals surface area contributed by atoms with Crippen molar-refractivity contribution in [1.29, 1.82) is 0 Å². The molecule has 1 unspecified atom stereocenters. The third-order valence-electron chi connectivity index (χ3n) is 5.11. The number of rotatable bonds is 5. The summed E-state index contributed by atoms with van der Waals surface area (Å²) < 4.78 is 13.2. The molecule has 25 heavy (non-hydrogen) atoms. The van der Waals surface area contributed by atoms with Gasteiger partial charge in [-0.15, -0.1) is 0 Å². The van der Waals surface area contributed by atoms with Gasteiger partial charge in [0, 0.05) is 17.8 Å². The van der Waals surface area contributed by atoms with Crippen LogP contribution in [0.15, 0.2) is 24.3 Å². The van der Waals surface area contributed by atoms with Crippen LogP contribution in [0.4, 0.5) is 10.1 Å². The van der Waals surface area contributed by atoms with Gasteiger partial charge >= 0.3 is 0 Å². The highest BCUT2D eigenvalue weighted by molar-refractivity contribution is 5.91. The molecule has 0 saturated carbocycles. The van der Waals surface area contributed by atoms with Crippen molar-refractivity contribution in [3.63, 3.8) is 0 Å². The molecule has 0 bridgehead atoms. The van der Waals surface area contributed by atoms with Crippen LogP contribution in [0.1, 0.15) is 40.0 Å². The van der Waals surface area contributed by atoms with Gasteiger partial charge in [0.2, 0.25) is 0 Å². The number of quaternary nitrogens is 1. The van der Waals surface area contributed by atoms with E-state index >= 15 is 0 Å². The van der Waals surface area contributed by atoms with Crippen molar-refractivity contribution >= 4 is 17.5 Å². The summed E-state index contributed by atoms with van der Waals surface area (Å²) in [5.74, 6) is -0.534. The first-order valence-electron chi connectivity index (χ1n) is 8.99. The maximum Gasteiger partial charge on any atom is 0.281 e. The number of piperidine rings is 1. The van der Waals surface area contributed by atoms with Crippen LogP contribution in [-0.4, -0.2) is 48.4 Å². The fraction of sp³-hybridized carbons (Fsp3) is 0.579. The minimum absolute atomic E-state index is 0.0933. The molecular weight excluding hydrogens is 321 g/mol. The Morgan fingerprint density at radius 3 is 2.56 bits per heavy atom. The predicted octanol–water partition coefficient (Wildman–Crippen LogP) is 1.46. The van der Waals surface area contributed by atoms with Crippen molar-refractivity contribution < 1.29 is 18.9 Å². The highest BCUT2D eigenvalue weighted by Crippen LogP contribution is 2.22. The third-order valence-corrected chi connectivity index (χ3v) is 5.11. The molecule has 0 aliphatic carbocycles. The van der Waals surface area contributed by atoms with Crippen LogP contribution in [0.5, 0.6) is 0 Å². The Hall–Kier alpha value is -1.95. The van der Waals surface area contributed by atoms with Gasteiger partial charge in [-0.05, 0) is 58.2 Å². The number of amides is 2. The lowest BCUT2D eigenvalue weighted by atomic mass is 9.96. The molecule has 1 fully saturated rings. The molecule has 138 valence electrons. The van der Waals surface area contributed by atoms with E-state index in [9.17, 15) is 14.0 Å². The minimum atomic E-state index is -0.393. The first-order valence-corrected chi connectivity index (χ1v) is 8.99.